The summed E-state index contributed by atoms with van der Waals surface area (Å²) in [6.07, 6.45) is 1.78. The Labute approximate surface area is 149 Å². The van der Waals surface area contributed by atoms with Gasteiger partial charge in [-0.2, -0.15) is 0 Å². The van der Waals surface area contributed by atoms with Gasteiger partial charge in [0.15, 0.2) is 0 Å². The lowest BCUT2D eigenvalue weighted by Gasteiger charge is -2.08. The number of rotatable bonds is 5. The number of nitrogens with one attached hydrogen (secondary N) is 1. The van der Waals surface area contributed by atoms with E-state index in [4.69, 9.17) is 0 Å². The van der Waals surface area contributed by atoms with Crippen molar-refractivity contribution in [3.8, 4) is 0 Å². The van der Waals surface area contributed by atoms with Crippen LogP contribution in [0.2, 0.25) is 0 Å². The molecule has 130 valence electrons. The Morgan fingerprint density at radius 2 is 1.60 bits per heavy atom. The number of nitrogens with zero attached hydrogens (tertiary/aromatic N) is 1. The minimum Gasteiger partial charge on any atom is -0.264 e. The van der Waals surface area contributed by atoms with Crippen molar-refractivity contribution in [3.63, 3.8) is 0 Å². The third-order valence-corrected chi connectivity index (χ3v) is 5.82. The second-order valence-corrected chi connectivity index (χ2v) is 7.90. The Bertz CT molecular complexity index is 901. The van der Waals surface area contributed by atoms with Crippen molar-refractivity contribution < 1.29 is 8.42 Å². The van der Waals surface area contributed by atoms with Crippen LogP contribution in [0, 0.1) is 0 Å². The summed E-state index contributed by atoms with van der Waals surface area (Å²) in [5.41, 5.74) is 2.63. The first-order valence-electron chi connectivity index (χ1n) is 8.38. The van der Waals surface area contributed by atoms with E-state index in [0.717, 1.165) is 12.8 Å². The van der Waals surface area contributed by atoms with Gasteiger partial charge in [-0.3, -0.25) is 9.71 Å². The van der Waals surface area contributed by atoms with E-state index < -0.39 is 10.0 Å². The average molecular weight is 354 g/mol. The lowest BCUT2D eigenvalue weighted by atomic mass is 10.1. The second-order valence-electron chi connectivity index (χ2n) is 6.28. The summed E-state index contributed by atoms with van der Waals surface area (Å²) >= 11 is 0. The minimum absolute atomic E-state index is 0.0305. The minimum atomic E-state index is -3.55. The second kappa shape index (κ2) is 7.23. The summed E-state index contributed by atoms with van der Waals surface area (Å²) in [5.74, 6) is 0.458. The molecule has 0 spiro atoms. The topological polar surface area (TPSA) is 58.5 Å². The molecule has 1 heterocycles. The third-order valence-electron chi connectivity index (χ3n) is 4.27. The molecule has 0 saturated heterocycles. The Hall–Kier alpha value is -2.40. The largest absolute Gasteiger partial charge is 0.264 e. The van der Waals surface area contributed by atoms with Gasteiger partial charge in [-0.15, -0.1) is 0 Å². The predicted octanol–water partition coefficient (Wildman–Crippen LogP) is 3.77. The number of amidine groups is 1. The fraction of sp³-hybridized carbons (Fsp3) is 0.250. The normalized spacial score (nSPS) is 19.0. The first-order chi connectivity index (χ1) is 12.0. The van der Waals surface area contributed by atoms with Crippen molar-refractivity contribution in [2.24, 2.45) is 4.99 Å². The summed E-state index contributed by atoms with van der Waals surface area (Å²) in [5, 5.41) is 0. The molecular weight excluding hydrogens is 332 g/mol. The number of hydrogen-bond acceptors (Lipinski definition) is 3. The Morgan fingerprint density at radius 3 is 2.24 bits per heavy atom. The molecule has 5 heteroatoms. The van der Waals surface area contributed by atoms with Crippen LogP contribution in [0.1, 0.15) is 31.4 Å². The van der Waals surface area contributed by atoms with E-state index in [1.165, 1.54) is 5.56 Å². The summed E-state index contributed by atoms with van der Waals surface area (Å²) in [4.78, 5) is 4.93. The molecule has 0 radical (unpaired) electrons. The van der Waals surface area contributed by atoms with Gasteiger partial charge in [0.25, 0.3) is 10.0 Å². The lowest BCUT2D eigenvalue weighted by molar-refractivity contribution is 0.603. The van der Waals surface area contributed by atoms with Crippen LogP contribution in [0.4, 0.5) is 0 Å². The van der Waals surface area contributed by atoms with Crippen molar-refractivity contribution in [1.82, 2.24) is 4.72 Å². The predicted molar refractivity (Wildman–Crippen MR) is 103 cm³/mol. The van der Waals surface area contributed by atoms with Gasteiger partial charge >= 0.3 is 0 Å². The lowest BCUT2D eigenvalue weighted by Crippen LogP contribution is -2.25. The zero-order valence-corrected chi connectivity index (χ0v) is 15.3. The molecule has 4 nitrogen and oxygen atoms in total. The van der Waals surface area contributed by atoms with E-state index in [1.807, 2.05) is 50.2 Å². The molecule has 0 aliphatic carbocycles. The van der Waals surface area contributed by atoms with E-state index in [0.29, 0.717) is 21.9 Å². The van der Waals surface area contributed by atoms with E-state index in [-0.39, 0.29) is 6.04 Å². The first-order valence-corrected chi connectivity index (χ1v) is 9.87. The van der Waals surface area contributed by atoms with Gasteiger partial charge in [0.05, 0.1) is 0 Å². The van der Waals surface area contributed by atoms with Crippen molar-refractivity contribution in [2.45, 2.75) is 32.7 Å². The monoisotopic (exact) mass is 354 g/mol. The van der Waals surface area contributed by atoms with Gasteiger partial charge in [0, 0.05) is 11.6 Å². The number of aryl methyl sites for hydroxylation is 1. The number of aliphatic imine (C=N–C) groups is 1. The molecule has 1 aliphatic rings. The number of benzene rings is 2. The van der Waals surface area contributed by atoms with Crippen molar-refractivity contribution in [3.05, 3.63) is 77.4 Å². The van der Waals surface area contributed by atoms with Crippen molar-refractivity contribution in [1.29, 1.82) is 0 Å². The van der Waals surface area contributed by atoms with Crippen LogP contribution in [0.25, 0.3) is 4.91 Å². The van der Waals surface area contributed by atoms with E-state index in [1.54, 1.807) is 12.1 Å². The number of hydrogen-bond donors (Lipinski definition) is 1. The average Bonchev–Trinajstić information content (AvgIpc) is 2.83. The molecule has 0 unspecified atom stereocenters. The molecule has 1 atom stereocenters. The molecule has 0 bridgehead atoms. The molecule has 1 N–H and O–H groups in total. The maximum Gasteiger partial charge on any atom is 0.264 e. The van der Waals surface area contributed by atoms with E-state index in [2.05, 4.69) is 21.8 Å². The summed E-state index contributed by atoms with van der Waals surface area (Å²) in [6.45, 7) is 3.82. The van der Waals surface area contributed by atoms with Gasteiger partial charge in [0.2, 0.25) is 0 Å². The van der Waals surface area contributed by atoms with Gasteiger partial charge in [-0.25, -0.2) is 8.42 Å². The standard InChI is InChI=1S/C20H22N2O2S/c1-15(13-14-17-9-5-3-6-10-17)21-20-16(2)19(25(23,24)22-20)18-11-7-4-8-12-18/h3-12,15H,13-14H2,1-2H3,(H,21,22)/t15-/m0/s1. The maximum absolute atomic E-state index is 12.5. The van der Waals surface area contributed by atoms with Gasteiger partial charge in [-0.05, 0) is 37.8 Å². The smallest absolute Gasteiger partial charge is 0.264 e. The van der Waals surface area contributed by atoms with Crippen molar-refractivity contribution >= 4 is 20.8 Å². The fourth-order valence-corrected chi connectivity index (χ4v) is 4.46. The first kappa shape index (κ1) is 17.4. The summed E-state index contributed by atoms with van der Waals surface area (Å²) in [6, 6.07) is 19.4. The zero-order valence-electron chi connectivity index (χ0n) is 14.4. The quantitative estimate of drug-likeness (QED) is 0.888. The number of sulfonamides is 1. The molecule has 0 fully saturated rings. The van der Waals surface area contributed by atoms with E-state index in [9.17, 15) is 8.42 Å². The highest BCUT2D eigenvalue weighted by atomic mass is 32.2. The van der Waals surface area contributed by atoms with Crippen LogP contribution < -0.4 is 4.72 Å². The Kier molecular flexibility index (Phi) is 5.04. The van der Waals surface area contributed by atoms with Crippen LogP contribution in [-0.4, -0.2) is 20.3 Å². The Balaban J connectivity index is 1.80. The molecule has 1 aliphatic heterocycles. The summed E-state index contributed by atoms with van der Waals surface area (Å²) in [7, 11) is -3.55. The molecule has 3 rings (SSSR count). The van der Waals surface area contributed by atoms with Crippen molar-refractivity contribution in [2.75, 3.05) is 0 Å². The van der Waals surface area contributed by atoms with Gasteiger partial charge < -0.3 is 0 Å². The van der Waals surface area contributed by atoms with Crippen LogP contribution in [0.5, 0.6) is 0 Å². The molecule has 0 aromatic heterocycles. The van der Waals surface area contributed by atoms with Gasteiger partial charge in [0.1, 0.15) is 10.7 Å². The van der Waals surface area contributed by atoms with E-state index >= 15 is 0 Å². The molecule has 2 aromatic rings. The summed E-state index contributed by atoms with van der Waals surface area (Å²) < 4.78 is 27.6. The molecule has 0 saturated carbocycles. The maximum atomic E-state index is 12.5. The fourth-order valence-electron chi connectivity index (χ4n) is 2.95. The van der Waals surface area contributed by atoms with Crippen LogP contribution in [-0.2, 0) is 16.4 Å². The third kappa shape index (κ3) is 3.99. The highest BCUT2D eigenvalue weighted by Gasteiger charge is 2.32. The SMILES string of the molecule is CC1=C(c2ccccc2)S(=O)(=O)NC1=N[C@@H](C)CCc1ccccc1. The highest BCUT2D eigenvalue weighted by Crippen LogP contribution is 2.29. The zero-order chi connectivity index (χ0) is 17.9. The molecule has 2 aromatic carbocycles. The van der Waals surface area contributed by atoms with Crippen LogP contribution in [0.3, 0.4) is 0 Å². The molecule has 0 amide bonds. The Morgan fingerprint density at radius 1 is 1.00 bits per heavy atom. The van der Waals surface area contributed by atoms with Gasteiger partial charge in [-0.1, -0.05) is 60.7 Å². The van der Waals surface area contributed by atoms with Crippen LogP contribution in [0.15, 0.2) is 71.2 Å². The highest BCUT2D eigenvalue weighted by molar-refractivity contribution is 8.00. The van der Waals surface area contributed by atoms with Crippen LogP contribution >= 0.6 is 0 Å². The molecular formula is C20H22N2O2S. The molecule has 25 heavy (non-hydrogen) atoms.